The largest absolute Gasteiger partial charge is 0.478 e. The topological polar surface area (TPSA) is 66.8 Å². The van der Waals surface area contributed by atoms with Gasteiger partial charge in [-0.3, -0.25) is 4.79 Å². The number of amides is 1. The number of benzene rings is 1. The van der Waals surface area contributed by atoms with Gasteiger partial charge in [0.1, 0.15) is 0 Å². The van der Waals surface area contributed by atoms with Gasteiger partial charge in [0, 0.05) is 19.7 Å². The van der Waals surface area contributed by atoms with Gasteiger partial charge in [-0.25, -0.2) is 4.79 Å². The van der Waals surface area contributed by atoms with Crippen molar-refractivity contribution in [3.05, 3.63) is 35.4 Å². The predicted octanol–water partition coefficient (Wildman–Crippen LogP) is 2.59. The maximum atomic E-state index is 12.3. The van der Waals surface area contributed by atoms with E-state index in [4.69, 9.17) is 9.84 Å². The molecule has 1 atom stereocenters. The van der Waals surface area contributed by atoms with E-state index in [1.54, 1.807) is 18.2 Å². The van der Waals surface area contributed by atoms with Crippen molar-refractivity contribution < 1.29 is 19.4 Å². The average molecular weight is 319 g/mol. The molecule has 1 N–H and O–H groups in total. The molecule has 2 rings (SSSR count). The number of carbonyl (C=O) groups excluding carboxylic acids is 1. The van der Waals surface area contributed by atoms with Crippen LogP contribution in [-0.4, -0.2) is 47.7 Å². The summed E-state index contributed by atoms with van der Waals surface area (Å²) in [6.45, 7) is 6.42. The summed E-state index contributed by atoms with van der Waals surface area (Å²) in [7, 11) is 0. The molecule has 5 heteroatoms. The molecule has 0 radical (unpaired) electrons. The maximum Gasteiger partial charge on any atom is 0.335 e. The smallest absolute Gasteiger partial charge is 0.335 e. The zero-order chi connectivity index (χ0) is 16.8. The third-order valence-corrected chi connectivity index (χ3v) is 4.08. The van der Waals surface area contributed by atoms with E-state index in [2.05, 4.69) is 13.8 Å². The van der Waals surface area contributed by atoms with E-state index in [9.17, 15) is 9.59 Å². The summed E-state index contributed by atoms with van der Waals surface area (Å²) in [6.07, 6.45) is 2.27. The van der Waals surface area contributed by atoms with Crippen molar-refractivity contribution >= 4 is 11.9 Å². The Hall–Kier alpha value is -1.88. The first-order valence-corrected chi connectivity index (χ1v) is 8.17. The summed E-state index contributed by atoms with van der Waals surface area (Å²) in [5.74, 6) is -0.322. The molecule has 1 unspecified atom stereocenters. The Labute approximate surface area is 137 Å². The molecule has 0 bridgehead atoms. The van der Waals surface area contributed by atoms with Crippen LogP contribution in [0.5, 0.6) is 0 Å². The Morgan fingerprint density at radius 2 is 2.17 bits per heavy atom. The highest BCUT2D eigenvalue weighted by Crippen LogP contribution is 2.16. The first-order chi connectivity index (χ1) is 11.0. The van der Waals surface area contributed by atoms with E-state index in [-0.39, 0.29) is 24.0 Å². The van der Waals surface area contributed by atoms with Crippen molar-refractivity contribution in [2.24, 2.45) is 5.92 Å². The predicted molar refractivity (Wildman–Crippen MR) is 87.5 cm³/mol. The van der Waals surface area contributed by atoms with Crippen molar-refractivity contribution in [1.82, 2.24) is 4.90 Å². The molecule has 0 spiro atoms. The number of rotatable bonds is 7. The van der Waals surface area contributed by atoms with Crippen LogP contribution in [-0.2, 0) is 16.0 Å². The number of hydrogen-bond acceptors (Lipinski definition) is 3. The van der Waals surface area contributed by atoms with Gasteiger partial charge in [0.25, 0.3) is 0 Å². The van der Waals surface area contributed by atoms with Gasteiger partial charge in [-0.1, -0.05) is 26.0 Å². The number of hydrogen-bond donors (Lipinski definition) is 1. The Balaban J connectivity index is 1.82. The van der Waals surface area contributed by atoms with Gasteiger partial charge in [-0.2, -0.15) is 0 Å². The Kier molecular flexibility index (Phi) is 6.16. The van der Waals surface area contributed by atoms with Crippen molar-refractivity contribution in [2.75, 3.05) is 19.7 Å². The van der Waals surface area contributed by atoms with Crippen molar-refractivity contribution in [3.63, 3.8) is 0 Å². The van der Waals surface area contributed by atoms with Crippen molar-refractivity contribution in [1.29, 1.82) is 0 Å². The van der Waals surface area contributed by atoms with Gasteiger partial charge >= 0.3 is 5.97 Å². The monoisotopic (exact) mass is 319 g/mol. The maximum absolute atomic E-state index is 12.3. The van der Waals surface area contributed by atoms with Crippen LogP contribution >= 0.6 is 0 Å². The van der Waals surface area contributed by atoms with Crippen LogP contribution in [0.25, 0.3) is 0 Å². The molecule has 1 aromatic rings. The highest BCUT2D eigenvalue weighted by molar-refractivity contribution is 5.88. The summed E-state index contributed by atoms with van der Waals surface area (Å²) < 4.78 is 5.82. The molecule has 1 amide bonds. The van der Waals surface area contributed by atoms with E-state index < -0.39 is 5.97 Å². The zero-order valence-electron chi connectivity index (χ0n) is 13.8. The van der Waals surface area contributed by atoms with Crippen molar-refractivity contribution in [2.45, 2.75) is 39.2 Å². The van der Waals surface area contributed by atoms with Gasteiger partial charge in [0.05, 0.1) is 18.1 Å². The molecule has 126 valence electrons. The molecule has 1 heterocycles. The number of carboxylic acid groups (broad SMARTS) is 1. The van der Waals surface area contributed by atoms with Gasteiger partial charge in [-0.15, -0.1) is 0 Å². The first kappa shape index (κ1) is 17.5. The zero-order valence-corrected chi connectivity index (χ0v) is 13.8. The molecule has 1 aliphatic heterocycles. The lowest BCUT2D eigenvalue weighted by atomic mass is 10.1. The quantitative estimate of drug-likeness (QED) is 0.839. The third kappa shape index (κ3) is 5.36. The minimum Gasteiger partial charge on any atom is -0.478 e. The number of carboxylic acids is 1. The molecule has 23 heavy (non-hydrogen) atoms. The van der Waals surface area contributed by atoms with E-state index in [1.807, 2.05) is 4.90 Å². The normalized spacial score (nSPS) is 17.7. The molecule has 0 aliphatic carbocycles. The lowest BCUT2D eigenvalue weighted by molar-refractivity contribution is -0.130. The van der Waals surface area contributed by atoms with Crippen LogP contribution in [0.1, 0.15) is 42.6 Å². The standard InChI is InChI=1S/C18H25NO4/c1-13(2)7-9-23-16-6-8-19(12-16)17(20)11-14-4-3-5-15(10-14)18(21)22/h3-5,10,13,16H,6-9,11-12H2,1-2H3,(H,21,22). The highest BCUT2D eigenvalue weighted by Gasteiger charge is 2.26. The van der Waals surface area contributed by atoms with E-state index >= 15 is 0 Å². The summed E-state index contributed by atoms with van der Waals surface area (Å²) in [5, 5.41) is 9.00. The minimum atomic E-state index is -0.973. The average Bonchev–Trinajstić information content (AvgIpc) is 2.96. The molecule has 1 aromatic carbocycles. The number of aromatic carboxylic acids is 1. The Morgan fingerprint density at radius 3 is 2.87 bits per heavy atom. The fourth-order valence-corrected chi connectivity index (χ4v) is 2.66. The van der Waals surface area contributed by atoms with E-state index in [1.165, 1.54) is 6.07 Å². The van der Waals surface area contributed by atoms with Crippen LogP contribution in [0.3, 0.4) is 0 Å². The first-order valence-electron chi connectivity index (χ1n) is 8.17. The molecular weight excluding hydrogens is 294 g/mol. The van der Waals surface area contributed by atoms with Gasteiger partial charge in [0.15, 0.2) is 0 Å². The molecular formula is C18H25NO4. The molecule has 0 aromatic heterocycles. The third-order valence-electron chi connectivity index (χ3n) is 4.08. The second-order valence-corrected chi connectivity index (χ2v) is 6.49. The highest BCUT2D eigenvalue weighted by atomic mass is 16.5. The second-order valence-electron chi connectivity index (χ2n) is 6.49. The lowest BCUT2D eigenvalue weighted by Gasteiger charge is -2.17. The van der Waals surface area contributed by atoms with Gasteiger partial charge in [0.2, 0.25) is 5.91 Å². The molecule has 1 fully saturated rings. The molecule has 1 aliphatic rings. The van der Waals surface area contributed by atoms with Crippen LogP contribution in [0.2, 0.25) is 0 Å². The van der Waals surface area contributed by atoms with Crippen LogP contribution in [0.15, 0.2) is 24.3 Å². The Bertz CT molecular complexity index is 556. The van der Waals surface area contributed by atoms with Crippen molar-refractivity contribution in [3.8, 4) is 0 Å². The number of ether oxygens (including phenoxy) is 1. The summed E-state index contributed by atoms with van der Waals surface area (Å²) in [4.78, 5) is 25.1. The fourth-order valence-electron chi connectivity index (χ4n) is 2.66. The van der Waals surface area contributed by atoms with Gasteiger partial charge < -0.3 is 14.7 Å². The van der Waals surface area contributed by atoms with E-state index in [0.29, 0.717) is 19.0 Å². The molecule has 0 saturated carbocycles. The van der Waals surface area contributed by atoms with Gasteiger partial charge in [-0.05, 0) is 36.5 Å². The number of carbonyl (C=O) groups is 2. The van der Waals surface area contributed by atoms with E-state index in [0.717, 1.165) is 25.0 Å². The number of nitrogens with zero attached hydrogens (tertiary/aromatic N) is 1. The van der Waals surface area contributed by atoms with Crippen LogP contribution in [0.4, 0.5) is 0 Å². The summed E-state index contributed by atoms with van der Waals surface area (Å²) in [5.41, 5.74) is 0.950. The minimum absolute atomic E-state index is 0.0301. The Morgan fingerprint density at radius 1 is 1.39 bits per heavy atom. The summed E-state index contributed by atoms with van der Waals surface area (Å²) in [6, 6.07) is 6.56. The van der Waals surface area contributed by atoms with Crippen LogP contribution in [0, 0.1) is 5.92 Å². The lowest BCUT2D eigenvalue weighted by Crippen LogP contribution is -2.31. The molecule has 5 nitrogen and oxygen atoms in total. The second kappa shape index (κ2) is 8.11. The fraction of sp³-hybridized carbons (Fsp3) is 0.556. The van der Waals surface area contributed by atoms with Crippen LogP contribution < -0.4 is 0 Å². The molecule has 1 saturated heterocycles. The SMILES string of the molecule is CC(C)CCOC1CCN(C(=O)Cc2cccc(C(=O)O)c2)C1. The summed E-state index contributed by atoms with van der Waals surface area (Å²) >= 11 is 0. The number of likely N-dealkylation sites (tertiary alicyclic amines) is 1.